The summed E-state index contributed by atoms with van der Waals surface area (Å²) in [5, 5.41) is 3.85. The van der Waals surface area contributed by atoms with E-state index in [1.807, 2.05) is 67.7 Å². The topological polar surface area (TPSA) is 77.1 Å². The number of aryl methyl sites for hydroxylation is 1. The number of nitrogens with zero attached hydrogens (tertiary/aromatic N) is 2. The fraction of sp³-hybridized carbons (Fsp3) is 0.242. The van der Waals surface area contributed by atoms with Crippen LogP contribution in [0.2, 0.25) is 5.02 Å². The van der Waals surface area contributed by atoms with Crippen LogP contribution >= 0.6 is 11.6 Å². The average Bonchev–Trinajstić information content (AvgIpc) is 3.34. The smallest absolute Gasteiger partial charge is 0.217 e. The monoisotopic (exact) mass is 553 g/mol. The van der Waals surface area contributed by atoms with Crippen LogP contribution in [-0.4, -0.2) is 15.5 Å². The fourth-order valence-corrected chi connectivity index (χ4v) is 5.21. The third kappa shape index (κ3) is 5.73. The van der Waals surface area contributed by atoms with Crippen molar-refractivity contribution in [1.82, 2.24) is 14.9 Å². The normalized spacial score (nSPS) is 12.2. The van der Waals surface area contributed by atoms with Crippen LogP contribution in [0, 0.1) is 12.8 Å². The van der Waals surface area contributed by atoms with Crippen LogP contribution in [-0.2, 0) is 17.8 Å². The van der Waals surface area contributed by atoms with Crippen LogP contribution in [0.1, 0.15) is 55.0 Å². The highest BCUT2D eigenvalue weighted by Crippen LogP contribution is 2.36. The number of carbonyl (C=O) groups excluding carboxylic acids is 1. The van der Waals surface area contributed by atoms with E-state index >= 15 is 0 Å². The third-order valence-electron chi connectivity index (χ3n) is 7.01. The van der Waals surface area contributed by atoms with E-state index < -0.39 is 0 Å². The second-order valence-corrected chi connectivity index (χ2v) is 10.9. The van der Waals surface area contributed by atoms with E-state index in [1.54, 1.807) is 18.2 Å². The number of hydrogen-bond donors (Lipinski definition) is 1. The van der Waals surface area contributed by atoms with E-state index in [4.69, 9.17) is 21.0 Å². The molecule has 1 amide bonds. The van der Waals surface area contributed by atoms with Crippen molar-refractivity contribution in [3.05, 3.63) is 122 Å². The fourth-order valence-electron chi connectivity index (χ4n) is 5.05. The number of carbonyl (C=O) groups is 1. The van der Waals surface area contributed by atoms with Gasteiger partial charge in [-0.05, 0) is 30.5 Å². The lowest BCUT2D eigenvalue weighted by Crippen LogP contribution is -2.23. The van der Waals surface area contributed by atoms with Crippen molar-refractivity contribution in [2.24, 2.45) is 5.92 Å². The molecule has 2 heterocycles. The van der Waals surface area contributed by atoms with Gasteiger partial charge in [-0.15, -0.1) is 0 Å². The zero-order valence-electron chi connectivity index (χ0n) is 23.1. The highest BCUT2D eigenvalue weighted by Gasteiger charge is 2.29. The largest absolute Gasteiger partial charge is 0.458 e. The van der Waals surface area contributed by atoms with Crippen molar-refractivity contribution in [2.75, 3.05) is 0 Å². The molecule has 0 aliphatic carbocycles. The van der Waals surface area contributed by atoms with Gasteiger partial charge < -0.3 is 14.3 Å². The Balaban J connectivity index is 1.76. The zero-order valence-corrected chi connectivity index (χ0v) is 23.8. The minimum Gasteiger partial charge on any atom is -0.458 e. The van der Waals surface area contributed by atoms with Gasteiger partial charge in [-0.2, -0.15) is 0 Å². The summed E-state index contributed by atoms with van der Waals surface area (Å²) in [7, 11) is 0. The molecule has 1 N–H and O–H groups in total. The zero-order chi connectivity index (χ0) is 28.4. The predicted molar refractivity (Wildman–Crippen MR) is 160 cm³/mol. The van der Waals surface area contributed by atoms with Crippen molar-refractivity contribution in [2.45, 2.75) is 46.7 Å². The molecular weight excluding hydrogens is 522 g/mol. The van der Waals surface area contributed by atoms with Crippen LogP contribution < -0.4 is 10.7 Å². The van der Waals surface area contributed by atoms with Crippen LogP contribution in [0.4, 0.5) is 0 Å². The molecule has 5 aromatic rings. The number of benzene rings is 3. The van der Waals surface area contributed by atoms with Gasteiger partial charge in [0, 0.05) is 41.8 Å². The van der Waals surface area contributed by atoms with Crippen LogP contribution in [0.25, 0.3) is 22.4 Å². The number of imidazole rings is 1. The molecule has 40 heavy (non-hydrogen) atoms. The van der Waals surface area contributed by atoms with Gasteiger partial charge in [-0.1, -0.05) is 85.6 Å². The van der Waals surface area contributed by atoms with Crippen LogP contribution in [0.15, 0.2) is 88.2 Å². The van der Waals surface area contributed by atoms with E-state index in [2.05, 4.69) is 23.7 Å². The van der Waals surface area contributed by atoms with Gasteiger partial charge in [-0.3, -0.25) is 9.59 Å². The predicted octanol–water partition coefficient (Wildman–Crippen LogP) is 7.09. The van der Waals surface area contributed by atoms with Gasteiger partial charge in [0.05, 0.1) is 23.7 Å². The first-order chi connectivity index (χ1) is 19.2. The highest BCUT2D eigenvalue weighted by atomic mass is 35.5. The molecule has 1 atom stereocenters. The summed E-state index contributed by atoms with van der Waals surface area (Å²) in [6, 6.07) is 22.9. The number of aromatic nitrogens is 2. The van der Waals surface area contributed by atoms with E-state index in [-0.39, 0.29) is 23.3 Å². The van der Waals surface area contributed by atoms with Gasteiger partial charge in [0.2, 0.25) is 5.91 Å². The molecular formula is C33H32ClN3O3. The Morgan fingerprint density at radius 1 is 1.05 bits per heavy atom. The van der Waals surface area contributed by atoms with Crippen molar-refractivity contribution in [1.29, 1.82) is 0 Å². The van der Waals surface area contributed by atoms with Crippen molar-refractivity contribution < 1.29 is 9.21 Å². The molecule has 0 aliphatic heterocycles. The maximum absolute atomic E-state index is 14.0. The molecule has 0 fully saturated rings. The molecule has 0 saturated heterocycles. The first-order valence-corrected chi connectivity index (χ1v) is 13.8. The molecule has 5 rings (SSSR count). The number of halogens is 1. The Morgan fingerprint density at radius 3 is 2.45 bits per heavy atom. The summed E-state index contributed by atoms with van der Waals surface area (Å²) in [6.45, 7) is 8.02. The number of hydrogen-bond acceptors (Lipinski definition) is 4. The van der Waals surface area contributed by atoms with Crippen LogP contribution in [0.5, 0.6) is 0 Å². The molecule has 3 aromatic carbocycles. The van der Waals surface area contributed by atoms with Crippen LogP contribution in [0.3, 0.4) is 0 Å². The minimum absolute atomic E-state index is 0.0290. The van der Waals surface area contributed by atoms with E-state index in [1.165, 1.54) is 6.92 Å². The Labute approximate surface area is 238 Å². The maximum Gasteiger partial charge on any atom is 0.217 e. The summed E-state index contributed by atoms with van der Waals surface area (Å²) in [5.74, 6) is 1.21. The van der Waals surface area contributed by atoms with E-state index in [0.29, 0.717) is 46.0 Å². The molecule has 0 radical (unpaired) electrons. The summed E-state index contributed by atoms with van der Waals surface area (Å²) < 4.78 is 8.70. The van der Waals surface area contributed by atoms with Crippen molar-refractivity contribution in [3.8, 4) is 11.4 Å². The quantitative estimate of drug-likeness (QED) is 0.222. The van der Waals surface area contributed by atoms with Gasteiger partial charge in [0.25, 0.3) is 0 Å². The molecule has 2 aromatic heterocycles. The summed E-state index contributed by atoms with van der Waals surface area (Å²) >= 11 is 6.32. The summed E-state index contributed by atoms with van der Waals surface area (Å²) in [6.07, 6.45) is 2.37. The standard InChI is InChI=1S/C33H32ClN3O3/c1-20(2)30(37-19-26(18-35-22(4)38)36-33(37)24-12-10-21(3)11-13-24)32-28(16-23-8-6-5-7-9-23)31(39)27-15-14-25(34)17-29(27)40-32/h5-15,17,19-20,30H,16,18H2,1-4H3,(H,35,38). The number of fused-ring (bicyclic) bond motifs is 1. The van der Waals surface area contributed by atoms with Crippen molar-refractivity contribution >= 4 is 28.5 Å². The number of amides is 1. The first kappa shape index (κ1) is 27.4. The lowest BCUT2D eigenvalue weighted by atomic mass is 9.93. The van der Waals surface area contributed by atoms with Gasteiger partial charge >= 0.3 is 0 Å². The number of nitrogens with one attached hydrogen (secondary N) is 1. The minimum atomic E-state index is -0.357. The van der Waals surface area contributed by atoms with Gasteiger partial charge in [0.15, 0.2) is 5.43 Å². The van der Waals surface area contributed by atoms with Gasteiger partial charge in [0.1, 0.15) is 17.2 Å². The van der Waals surface area contributed by atoms with Crippen molar-refractivity contribution in [3.63, 3.8) is 0 Å². The second kappa shape index (κ2) is 11.5. The van der Waals surface area contributed by atoms with E-state index in [0.717, 1.165) is 22.5 Å². The highest BCUT2D eigenvalue weighted by molar-refractivity contribution is 6.31. The Kier molecular flexibility index (Phi) is 7.90. The molecule has 7 heteroatoms. The molecule has 0 aliphatic rings. The lowest BCUT2D eigenvalue weighted by molar-refractivity contribution is -0.119. The molecule has 1 unspecified atom stereocenters. The molecule has 204 valence electrons. The third-order valence-corrected chi connectivity index (χ3v) is 7.25. The number of rotatable bonds is 8. The summed E-state index contributed by atoms with van der Waals surface area (Å²) in [5.41, 5.74) is 4.79. The SMILES string of the molecule is CC(=O)NCc1cn(C(c2oc3cc(Cl)ccc3c(=O)c2Cc2ccccc2)C(C)C)c(-c2ccc(C)cc2)n1. The van der Waals surface area contributed by atoms with Gasteiger partial charge in [-0.25, -0.2) is 4.98 Å². The Morgan fingerprint density at radius 2 is 1.77 bits per heavy atom. The maximum atomic E-state index is 14.0. The Bertz CT molecular complexity index is 1720. The second-order valence-electron chi connectivity index (χ2n) is 10.5. The molecule has 0 bridgehead atoms. The summed E-state index contributed by atoms with van der Waals surface area (Å²) in [4.78, 5) is 30.6. The molecule has 0 saturated carbocycles. The van der Waals surface area contributed by atoms with E-state index in [9.17, 15) is 9.59 Å². The average molecular weight is 554 g/mol. The first-order valence-electron chi connectivity index (χ1n) is 13.4. The lowest BCUT2D eigenvalue weighted by Gasteiger charge is -2.26. The Hall–Kier alpha value is -4.16. The molecule has 0 spiro atoms. The molecule has 6 nitrogen and oxygen atoms in total.